The molecular weight excluding hydrogens is 259 g/mol. The minimum atomic E-state index is -1.29. The number of carboxylic acid groups (broad SMARTS) is 1. The van der Waals surface area contributed by atoms with Crippen LogP contribution < -0.4 is 0 Å². The van der Waals surface area contributed by atoms with Crippen molar-refractivity contribution >= 4 is 17.6 Å². The number of hydrogen-bond donors (Lipinski definition) is 1. The molecule has 0 atom stereocenters. The predicted molar refractivity (Wildman–Crippen MR) is 64.3 cm³/mol. The highest BCUT2D eigenvalue weighted by Crippen LogP contribution is 2.17. The first-order valence-corrected chi connectivity index (χ1v) is 5.66. The van der Waals surface area contributed by atoms with E-state index in [1.165, 1.54) is 0 Å². The zero-order chi connectivity index (χ0) is 13.1. The van der Waals surface area contributed by atoms with Gasteiger partial charge in [0.2, 0.25) is 0 Å². The molecule has 6 heteroatoms. The van der Waals surface area contributed by atoms with Crippen LogP contribution in [-0.2, 0) is 13.0 Å². The third-order valence-corrected chi connectivity index (χ3v) is 2.81. The molecule has 1 aromatic carbocycles. The Morgan fingerprint density at radius 3 is 2.67 bits per heavy atom. The molecule has 0 amide bonds. The molecule has 2 aromatic rings. The quantitative estimate of drug-likeness (QED) is 0.927. The number of halogens is 2. The van der Waals surface area contributed by atoms with Crippen LogP contribution in [0.2, 0.25) is 5.15 Å². The van der Waals surface area contributed by atoms with Crippen LogP contribution in [0.4, 0.5) is 4.39 Å². The second kappa shape index (κ2) is 5.18. The Bertz CT molecular complexity index is 569. The Morgan fingerprint density at radius 2 is 2.06 bits per heavy atom. The fourth-order valence-corrected chi connectivity index (χ4v) is 1.94. The third kappa shape index (κ3) is 2.51. The molecule has 0 unspecified atom stereocenters. The predicted octanol–water partition coefficient (Wildman–Crippen LogP) is 2.62. The van der Waals surface area contributed by atoms with E-state index in [0.29, 0.717) is 6.42 Å². The minimum Gasteiger partial charge on any atom is -0.476 e. The second-order valence-corrected chi connectivity index (χ2v) is 4.07. The fraction of sp³-hybridized carbons (Fsp3) is 0.167. The molecule has 0 spiro atoms. The van der Waals surface area contributed by atoms with E-state index < -0.39 is 12.0 Å². The number of aryl methyl sites for hydroxylation is 1. The fourth-order valence-electron chi connectivity index (χ4n) is 1.69. The van der Waals surface area contributed by atoms with Crippen LogP contribution in [0.25, 0.3) is 0 Å². The van der Waals surface area contributed by atoms with E-state index in [2.05, 4.69) is 4.98 Å². The molecule has 0 saturated heterocycles. The number of rotatable bonds is 4. The summed E-state index contributed by atoms with van der Waals surface area (Å²) in [4.78, 5) is 14.3. The van der Waals surface area contributed by atoms with Gasteiger partial charge in [-0.15, -0.1) is 0 Å². The number of imidazole rings is 1. The lowest BCUT2D eigenvalue weighted by Crippen LogP contribution is -2.12. The van der Waals surface area contributed by atoms with Crippen LogP contribution in [0.1, 0.15) is 16.1 Å². The van der Waals surface area contributed by atoms with Crippen molar-refractivity contribution in [1.29, 1.82) is 0 Å². The smallest absolute Gasteiger partial charge is 0.355 e. The van der Waals surface area contributed by atoms with E-state index in [9.17, 15) is 9.18 Å². The molecule has 0 aliphatic rings. The number of aromatic carboxylic acids is 1. The molecule has 1 heterocycles. The number of carbonyl (C=O) groups is 1. The number of hydrogen-bond acceptors (Lipinski definition) is 2. The minimum absolute atomic E-state index is 0.178. The number of aromatic nitrogens is 2. The van der Waals surface area contributed by atoms with Crippen molar-refractivity contribution in [1.82, 2.24) is 9.55 Å². The van der Waals surface area contributed by atoms with Gasteiger partial charge in [-0.25, -0.2) is 4.79 Å². The number of carboxylic acids is 1. The SMILES string of the molecule is O=C(O)c1c(Cl)nc(F)n1CCc1ccccc1. The van der Waals surface area contributed by atoms with E-state index in [1.54, 1.807) is 0 Å². The number of nitrogens with zero attached hydrogens (tertiary/aromatic N) is 2. The highest BCUT2D eigenvalue weighted by Gasteiger charge is 2.21. The zero-order valence-corrected chi connectivity index (χ0v) is 10.1. The van der Waals surface area contributed by atoms with Crippen LogP contribution in [0.15, 0.2) is 30.3 Å². The summed E-state index contributed by atoms with van der Waals surface area (Å²) in [6.07, 6.45) is -0.376. The van der Waals surface area contributed by atoms with E-state index in [0.717, 1.165) is 10.1 Å². The molecule has 0 bridgehead atoms. The highest BCUT2D eigenvalue weighted by molar-refractivity contribution is 6.32. The first kappa shape index (κ1) is 12.6. The van der Waals surface area contributed by atoms with Crippen LogP contribution in [0.5, 0.6) is 0 Å². The highest BCUT2D eigenvalue weighted by atomic mass is 35.5. The van der Waals surface area contributed by atoms with Crippen molar-refractivity contribution in [3.63, 3.8) is 0 Å². The van der Waals surface area contributed by atoms with E-state index in [-0.39, 0.29) is 17.4 Å². The van der Waals surface area contributed by atoms with Crippen molar-refractivity contribution < 1.29 is 14.3 Å². The Balaban J connectivity index is 2.22. The van der Waals surface area contributed by atoms with Crippen molar-refractivity contribution in [2.75, 3.05) is 0 Å². The molecule has 0 aliphatic heterocycles. The van der Waals surface area contributed by atoms with Gasteiger partial charge in [0.1, 0.15) is 0 Å². The van der Waals surface area contributed by atoms with Crippen LogP contribution in [-0.4, -0.2) is 20.6 Å². The molecule has 0 fully saturated rings. The maximum absolute atomic E-state index is 13.4. The Kier molecular flexibility index (Phi) is 3.62. The van der Waals surface area contributed by atoms with Gasteiger partial charge in [-0.05, 0) is 12.0 Å². The van der Waals surface area contributed by atoms with Gasteiger partial charge in [0.25, 0.3) is 6.08 Å². The summed E-state index contributed by atoms with van der Waals surface area (Å²) in [5, 5.41) is 8.62. The Hall–Kier alpha value is -1.88. The van der Waals surface area contributed by atoms with Gasteiger partial charge < -0.3 is 5.11 Å². The molecule has 0 radical (unpaired) electrons. The summed E-state index contributed by atoms with van der Waals surface area (Å²) in [6, 6.07) is 9.38. The van der Waals surface area contributed by atoms with E-state index in [1.807, 2.05) is 30.3 Å². The van der Waals surface area contributed by atoms with E-state index in [4.69, 9.17) is 16.7 Å². The van der Waals surface area contributed by atoms with Crippen LogP contribution >= 0.6 is 11.6 Å². The van der Waals surface area contributed by atoms with Gasteiger partial charge in [-0.3, -0.25) is 4.57 Å². The van der Waals surface area contributed by atoms with Gasteiger partial charge in [-0.1, -0.05) is 41.9 Å². The summed E-state index contributed by atoms with van der Waals surface area (Å²) in [7, 11) is 0. The molecule has 94 valence electrons. The maximum atomic E-state index is 13.4. The lowest BCUT2D eigenvalue weighted by atomic mass is 10.1. The summed E-state index contributed by atoms with van der Waals surface area (Å²) in [5.74, 6) is -1.29. The molecule has 2 rings (SSSR count). The first-order valence-electron chi connectivity index (χ1n) is 5.28. The van der Waals surface area contributed by atoms with Crippen LogP contribution in [0, 0.1) is 6.08 Å². The Labute approximate surface area is 108 Å². The average Bonchev–Trinajstić information content (AvgIpc) is 2.62. The molecule has 1 aromatic heterocycles. The maximum Gasteiger partial charge on any atom is 0.355 e. The summed E-state index contributed by atoms with van der Waals surface area (Å²) in [5.41, 5.74) is 0.670. The standard InChI is InChI=1S/C12H10ClFN2O2/c13-10-9(11(17)18)16(12(14)15-10)7-6-8-4-2-1-3-5-8/h1-5H,6-7H2,(H,17,18). The third-order valence-electron chi connectivity index (χ3n) is 2.55. The lowest BCUT2D eigenvalue weighted by Gasteiger charge is -2.06. The second-order valence-electron chi connectivity index (χ2n) is 3.71. The topological polar surface area (TPSA) is 55.1 Å². The van der Waals surface area contributed by atoms with Crippen molar-refractivity contribution in [3.05, 3.63) is 52.8 Å². The average molecular weight is 269 g/mol. The molecular formula is C12H10ClFN2O2. The first-order chi connectivity index (χ1) is 8.59. The van der Waals surface area contributed by atoms with Gasteiger partial charge in [0.15, 0.2) is 10.8 Å². The Morgan fingerprint density at radius 1 is 1.39 bits per heavy atom. The van der Waals surface area contributed by atoms with Gasteiger partial charge in [0.05, 0.1) is 0 Å². The molecule has 1 N–H and O–H groups in total. The van der Waals surface area contributed by atoms with Gasteiger partial charge >= 0.3 is 5.97 Å². The molecule has 0 saturated carbocycles. The monoisotopic (exact) mass is 268 g/mol. The molecule has 0 aliphatic carbocycles. The molecule has 4 nitrogen and oxygen atoms in total. The van der Waals surface area contributed by atoms with Crippen molar-refractivity contribution in [2.24, 2.45) is 0 Å². The normalized spacial score (nSPS) is 10.6. The van der Waals surface area contributed by atoms with Crippen molar-refractivity contribution in [2.45, 2.75) is 13.0 Å². The summed E-state index contributed by atoms with van der Waals surface area (Å²) >= 11 is 5.57. The van der Waals surface area contributed by atoms with Gasteiger partial charge in [-0.2, -0.15) is 9.37 Å². The summed E-state index contributed by atoms with van der Waals surface area (Å²) in [6.45, 7) is 0.178. The summed E-state index contributed by atoms with van der Waals surface area (Å²) < 4.78 is 14.4. The number of benzene rings is 1. The van der Waals surface area contributed by atoms with E-state index >= 15 is 0 Å². The van der Waals surface area contributed by atoms with Crippen LogP contribution in [0.3, 0.4) is 0 Å². The lowest BCUT2D eigenvalue weighted by molar-refractivity contribution is 0.0683. The van der Waals surface area contributed by atoms with Gasteiger partial charge in [0, 0.05) is 6.54 Å². The van der Waals surface area contributed by atoms with Crippen molar-refractivity contribution in [3.8, 4) is 0 Å². The largest absolute Gasteiger partial charge is 0.476 e. The molecule has 18 heavy (non-hydrogen) atoms. The zero-order valence-electron chi connectivity index (χ0n) is 9.31.